The van der Waals surface area contributed by atoms with Crippen LogP contribution < -0.4 is 25.5 Å². The molecule has 81 heavy (non-hydrogen) atoms. The molecule has 0 saturated heterocycles. The molecule has 0 spiro atoms. The molecule has 0 unspecified atom stereocenters. The monoisotopic (exact) mass is 1050 g/mol. The minimum atomic E-state index is -0.323. The molecule has 0 bridgehead atoms. The highest BCUT2D eigenvalue weighted by molar-refractivity contribution is 6.93. The van der Waals surface area contributed by atoms with Crippen molar-refractivity contribution in [2.45, 2.75) is 124 Å². The lowest BCUT2D eigenvalue weighted by Gasteiger charge is -2.48. The molecule has 3 nitrogen and oxygen atoms in total. The summed E-state index contributed by atoms with van der Waals surface area (Å²) in [5, 5.41) is 2.48. The molecule has 0 atom stereocenters. The second-order valence-electron chi connectivity index (χ2n) is 24.8. The van der Waals surface area contributed by atoms with Crippen LogP contribution in [0.25, 0.3) is 44.2 Å². The number of anilines is 8. The zero-order valence-corrected chi connectivity index (χ0v) is 48.9. The number of hydrogen-bond donors (Lipinski definition) is 0. The van der Waals surface area contributed by atoms with Crippen molar-refractivity contribution in [3.05, 3.63) is 240 Å². The third-order valence-corrected chi connectivity index (χ3v) is 18.1. The van der Waals surface area contributed by atoms with E-state index in [4.69, 9.17) is 0 Å². The van der Waals surface area contributed by atoms with E-state index in [2.05, 4.69) is 276 Å². The standard InChI is InChI=1S/C77H76BN3/c1-9-12-22-52-31-38-59(39-32-52)79(60-40-33-53(34-41-60)23-13-10-2)62-44-46-71-69(50-62)78-74-67(65-48-56-27-18-19-28-57(56)49-72(65)81(78)61-42-36-58(37-43-61)76(4,5)6)51-66-63-29-20-21-30-68(63)77(7,8)73(66)75(74)80(71)70-45-35-54(24-14-11-3)47-64(70)55-25-16-15-17-26-55/h15-21,25-51H,9-14,22-24H2,1-8H3. The minimum Gasteiger partial charge on any atom is -0.376 e. The summed E-state index contributed by atoms with van der Waals surface area (Å²) in [6.07, 6.45) is 10.2. The Morgan fingerprint density at radius 2 is 1.02 bits per heavy atom. The van der Waals surface area contributed by atoms with Crippen LogP contribution in [0.15, 0.2) is 206 Å². The Labute approximate surface area is 483 Å². The van der Waals surface area contributed by atoms with E-state index in [1.54, 1.807) is 0 Å². The highest BCUT2D eigenvalue weighted by Gasteiger charge is 2.51. The van der Waals surface area contributed by atoms with Crippen molar-refractivity contribution < 1.29 is 0 Å². The van der Waals surface area contributed by atoms with Crippen molar-refractivity contribution in [3.63, 3.8) is 0 Å². The van der Waals surface area contributed by atoms with Crippen molar-refractivity contribution in [1.29, 1.82) is 0 Å². The lowest BCUT2D eigenvalue weighted by Crippen LogP contribution is -2.62. The van der Waals surface area contributed by atoms with Crippen molar-refractivity contribution in [2.75, 3.05) is 14.6 Å². The van der Waals surface area contributed by atoms with Gasteiger partial charge in [-0.3, -0.25) is 0 Å². The van der Waals surface area contributed by atoms with Gasteiger partial charge in [-0.1, -0.05) is 196 Å². The van der Waals surface area contributed by atoms with Crippen LogP contribution in [0.3, 0.4) is 0 Å². The summed E-state index contributed by atoms with van der Waals surface area (Å²) in [5.41, 5.74) is 27.8. The number of fused-ring (bicyclic) bond motifs is 9. The van der Waals surface area contributed by atoms with Gasteiger partial charge in [0, 0.05) is 56.4 Å². The lowest BCUT2D eigenvalue weighted by atomic mass is 9.42. The quantitative estimate of drug-likeness (QED) is 0.0948. The molecular weight excluding hydrogens is 978 g/mol. The van der Waals surface area contributed by atoms with Gasteiger partial charge in [-0.05, 0) is 206 Å². The Hall–Kier alpha value is -8.08. The van der Waals surface area contributed by atoms with Crippen LogP contribution in [0.1, 0.15) is 127 Å². The first kappa shape index (κ1) is 52.3. The van der Waals surface area contributed by atoms with E-state index in [1.807, 2.05) is 0 Å². The van der Waals surface area contributed by atoms with Crippen LogP contribution in [0.2, 0.25) is 0 Å². The second kappa shape index (κ2) is 21.1. The Bertz CT molecular complexity index is 3910. The van der Waals surface area contributed by atoms with Crippen molar-refractivity contribution in [3.8, 4) is 33.4 Å². The van der Waals surface area contributed by atoms with Gasteiger partial charge >= 0.3 is 6.85 Å². The average Bonchev–Trinajstić information content (AvgIpc) is 3.59. The van der Waals surface area contributed by atoms with Crippen LogP contribution >= 0.6 is 0 Å². The van der Waals surface area contributed by atoms with Crippen LogP contribution in [-0.2, 0) is 30.1 Å². The highest BCUT2D eigenvalue weighted by Crippen LogP contribution is 2.59. The molecule has 2 aliphatic heterocycles. The summed E-state index contributed by atoms with van der Waals surface area (Å²) in [4.78, 5) is 7.97. The van der Waals surface area contributed by atoms with Crippen molar-refractivity contribution in [2.24, 2.45) is 0 Å². The molecule has 13 rings (SSSR count). The van der Waals surface area contributed by atoms with E-state index in [9.17, 15) is 0 Å². The van der Waals surface area contributed by atoms with Crippen molar-refractivity contribution in [1.82, 2.24) is 0 Å². The Morgan fingerprint density at radius 1 is 0.457 bits per heavy atom. The Balaban J connectivity index is 1.16. The molecule has 0 aromatic heterocycles. The maximum atomic E-state index is 2.73. The molecule has 402 valence electrons. The summed E-state index contributed by atoms with van der Waals surface area (Å²) in [7, 11) is 0. The summed E-state index contributed by atoms with van der Waals surface area (Å²) in [6.45, 7) is 18.6. The van der Waals surface area contributed by atoms with Crippen LogP contribution in [0.4, 0.5) is 45.5 Å². The molecule has 0 amide bonds. The largest absolute Gasteiger partial charge is 0.376 e. The fraction of sp³-hybridized carbons (Fsp3) is 0.247. The molecule has 2 heterocycles. The van der Waals surface area contributed by atoms with Crippen LogP contribution in [0, 0.1) is 0 Å². The predicted molar refractivity (Wildman–Crippen MR) is 350 cm³/mol. The Kier molecular flexibility index (Phi) is 13.6. The van der Waals surface area contributed by atoms with E-state index in [0.717, 1.165) is 49.2 Å². The third-order valence-electron chi connectivity index (χ3n) is 18.1. The first-order chi connectivity index (χ1) is 39.4. The first-order valence-corrected chi connectivity index (χ1v) is 30.3. The fourth-order valence-electron chi connectivity index (χ4n) is 13.7. The maximum absolute atomic E-state index is 2.73. The number of nitrogens with zero attached hydrogens (tertiary/aromatic N) is 3. The molecule has 1 aliphatic carbocycles. The van der Waals surface area contributed by atoms with Crippen molar-refractivity contribution >= 4 is 74.0 Å². The van der Waals surface area contributed by atoms with E-state index in [-0.39, 0.29) is 17.7 Å². The zero-order chi connectivity index (χ0) is 55.6. The smallest absolute Gasteiger partial charge is 0.333 e. The van der Waals surface area contributed by atoms with Gasteiger partial charge in [0.15, 0.2) is 0 Å². The highest BCUT2D eigenvalue weighted by atomic mass is 15.2. The number of benzene rings is 10. The SMILES string of the molecule is CCCCc1ccc(N(c2ccc(CCCC)cc2)c2ccc3c(c2)B2c4c(cc5c(c4N3c3ccc(CCCC)cc3-c3ccccc3)C(C)(C)c3ccccc3-5)-c3cc4ccccc4cc3N2c2ccc(C(C)(C)C)cc2)cc1. The lowest BCUT2D eigenvalue weighted by molar-refractivity contribution is 0.590. The van der Waals surface area contributed by atoms with E-state index in [1.165, 1.54) is 143 Å². The average molecular weight is 1050 g/mol. The van der Waals surface area contributed by atoms with E-state index < -0.39 is 0 Å². The van der Waals surface area contributed by atoms with Gasteiger partial charge < -0.3 is 14.6 Å². The molecule has 0 fully saturated rings. The molecule has 0 radical (unpaired) electrons. The molecule has 10 aromatic rings. The molecule has 10 aromatic carbocycles. The Morgan fingerprint density at radius 3 is 1.67 bits per heavy atom. The van der Waals surface area contributed by atoms with Crippen LogP contribution in [-0.4, -0.2) is 6.85 Å². The summed E-state index contributed by atoms with van der Waals surface area (Å²) >= 11 is 0. The van der Waals surface area contributed by atoms with E-state index >= 15 is 0 Å². The topological polar surface area (TPSA) is 9.72 Å². The molecule has 0 saturated carbocycles. The number of aryl methyl sites for hydroxylation is 3. The molecular formula is C77H76BN3. The van der Waals surface area contributed by atoms with Gasteiger partial charge in [-0.15, -0.1) is 0 Å². The zero-order valence-electron chi connectivity index (χ0n) is 48.9. The van der Waals surface area contributed by atoms with Gasteiger partial charge in [0.05, 0.1) is 5.69 Å². The summed E-state index contributed by atoms with van der Waals surface area (Å²) < 4.78 is 0. The maximum Gasteiger partial charge on any atom is 0.333 e. The first-order valence-electron chi connectivity index (χ1n) is 30.3. The normalized spacial score (nSPS) is 13.7. The van der Waals surface area contributed by atoms with Crippen LogP contribution in [0.5, 0.6) is 0 Å². The van der Waals surface area contributed by atoms with Gasteiger partial charge in [0.25, 0.3) is 0 Å². The molecule has 3 aliphatic rings. The van der Waals surface area contributed by atoms with Gasteiger partial charge in [-0.25, -0.2) is 0 Å². The van der Waals surface area contributed by atoms with Gasteiger partial charge in [0.1, 0.15) is 0 Å². The van der Waals surface area contributed by atoms with E-state index in [0.29, 0.717) is 0 Å². The van der Waals surface area contributed by atoms with Gasteiger partial charge in [0.2, 0.25) is 0 Å². The molecule has 4 heteroatoms. The predicted octanol–water partition coefficient (Wildman–Crippen LogP) is 20.3. The number of rotatable bonds is 15. The summed E-state index contributed by atoms with van der Waals surface area (Å²) in [5.74, 6) is 0. The summed E-state index contributed by atoms with van der Waals surface area (Å²) in [6, 6.07) is 80.3. The fourth-order valence-corrected chi connectivity index (χ4v) is 13.7. The third kappa shape index (κ3) is 9.16. The number of hydrogen-bond acceptors (Lipinski definition) is 3. The number of unbranched alkanes of at least 4 members (excludes halogenated alkanes) is 3. The van der Waals surface area contributed by atoms with Gasteiger partial charge in [-0.2, -0.15) is 0 Å². The second-order valence-corrected chi connectivity index (χ2v) is 24.8. The minimum absolute atomic E-state index is 0.00327. The molecule has 0 N–H and O–H groups in total.